The second-order valence-corrected chi connectivity index (χ2v) is 11.3. The van der Waals surface area contributed by atoms with Crippen molar-refractivity contribution in [3.8, 4) is 0 Å². The maximum absolute atomic E-state index is 12.1. The molecule has 0 spiro atoms. The summed E-state index contributed by atoms with van der Waals surface area (Å²) in [5.41, 5.74) is 2.31. The molecule has 206 valence electrons. The first-order valence-electron chi connectivity index (χ1n) is 13.6. The maximum Gasteiger partial charge on any atom is 0.407 e. The van der Waals surface area contributed by atoms with Gasteiger partial charge in [0.15, 0.2) is 0 Å². The summed E-state index contributed by atoms with van der Waals surface area (Å²) in [6, 6.07) is 8.52. The molecule has 1 saturated carbocycles. The van der Waals surface area contributed by atoms with E-state index in [2.05, 4.69) is 67.0 Å². The Balaban J connectivity index is 1.28. The lowest BCUT2D eigenvalue weighted by atomic mass is 9.86. The van der Waals surface area contributed by atoms with Gasteiger partial charge >= 0.3 is 6.09 Å². The fraction of sp³-hybridized carbons (Fsp3) is 0.571. The van der Waals surface area contributed by atoms with E-state index in [1.54, 1.807) is 6.20 Å². The highest BCUT2D eigenvalue weighted by Gasteiger charge is 2.25. The van der Waals surface area contributed by atoms with Gasteiger partial charge in [-0.05, 0) is 83.7 Å². The van der Waals surface area contributed by atoms with Gasteiger partial charge in [-0.3, -0.25) is 0 Å². The zero-order valence-corrected chi connectivity index (χ0v) is 23.1. The summed E-state index contributed by atoms with van der Waals surface area (Å²) >= 11 is 0. The van der Waals surface area contributed by atoms with Gasteiger partial charge in [-0.15, -0.1) is 0 Å². The predicted molar refractivity (Wildman–Crippen MR) is 153 cm³/mol. The number of carbonyl (C=O) groups excluding carboxylic acids is 1. The first-order chi connectivity index (χ1) is 18.2. The zero-order chi connectivity index (χ0) is 27.1. The minimum atomic E-state index is -0.489. The van der Waals surface area contributed by atoms with E-state index in [4.69, 9.17) is 10.1 Å². The topological polar surface area (TPSA) is 118 Å². The van der Waals surface area contributed by atoms with Gasteiger partial charge < -0.3 is 35.9 Å². The number of anilines is 4. The molecule has 0 atom stereocenters. The second-order valence-electron chi connectivity index (χ2n) is 11.3. The molecular weight excluding hydrogens is 480 g/mol. The molecule has 38 heavy (non-hydrogen) atoms. The molecule has 4 rings (SSSR count). The van der Waals surface area contributed by atoms with Gasteiger partial charge in [0.25, 0.3) is 0 Å². The van der Waals surface area contributed by atoms with Crippen LogP contribution in [0.2, 0.25) is 0 Å². The highest BCUT2D eigenvalue weighted by Crippen LogP contribution is 2.26. The second kappa shape index (κ2) is 12.4. The van der Waals surface area contributed by atoms with Crippen molar-refractivity contribution in [3.63, 3.8) is 0 Å². The minimum Gasteiger partial charge on any atom is -0.444 e. The van der Waals surface area contributed by atoms with Crippen molar-refractivity contribution in [1.29, 1.82) is 5.41 Å². The molecule has 2 fully saturated rings. The largest absolute Gasteiger partial charge is 0.444 e. The molecule has 10 nitrogen and oxygen atoms in total. The maximum atomic E-state index is 12.1. The van der Waals surface area contributed by atoms with E-state index in [1.807, 2.05) is 20.8 Å². The molecular formula is C28H42N8O2. The van der Waals surface area contributed by atoms with Crippen molar-refractivity contribution >= 4 is 35.4 Å². The standard InChI is InChI=1S/C28H42N8O2/c1-28(2,3)38-27(37)33-23-7-5-20(6-8-23)18-30-25-21(17-29)19-31-26(34-25)32-22-9-11-24(12-10-22)36-15-13-35(4)14-16-36/h9-12,17,19-20,23,29H,5-8,13-16,18H2,1-4H3,(H,33,37)(H2,30,31,32,34). The number of ether oxygens (including phenoxy) is 1. The number of benzene rings is 1. The van der Waals surface area contributed by atoms with E-state index in [-0.39, 0.29) is 12.1 Å². The molecule has 1 aromatic heterocycles. The van der Waals surface area contributed by atoms with E-state index < -0.39 is 5.60 Å². The molecule has 0 radical (unpaired) electrons. The van der Waals surface area contributed by atoms with E-state index in [1.165, 1.54) is 11.9 Å². The number of amides is 1. The molecule has 1 saturated heterocycles. The Morgan fingerprint density at radius 1 is 1.11 bits per heavy atom. The van der Waals surface area contributed by atoms with Gasteiger partial charge in [0, 0.05) is 62.6 Å². The van der Waals surface area contributed by atoms with Crippen LogP contribution in [0.3, 0.4) is 0 Å². The average Bonchev–Trinajstić information content (AvgIpc) is 2.88. The van der Waals surface area contributed by atoms with Crippen LogP contribution in [0.15, 0.2) is 30.5 Å². The smallest absolute Gasteiger partial charge is 0.407 e. The SMILES string of the molecule is CN1CCN(c2ccc(Nc3ncc(C=N)c(NCC4CCC(NC(=O)OC(C)(C)C)CC4)n3)cc2)CC1. The number of nitrogens with zero attached hydrogens (tertiary/aromatic N) is 4. The van der Waals surface area contributed by atoms with Gasteiger partial charge in [-0.2, -0.15) is 4.98 Å². The molecule has 1 aliphatic heterocycles. The Labute approximate surface area is 226 Å². The fourth-order valence-corrected chi connectivity index (χ4v) is 4.87. The third-order valence-electron chi connectivity index (χ3n) is 7.09. The Kier molecular flexibility index (Phi) is 9.04. The van der Waals surface area contributed by atoms with Crippen molar-refractivity contribution in [2.45, 2.75) is 58.1 Å². The molecule has 0 unspecified atom stereocenters. The lowest BCUT2D eigenvalue weighted by Crippen LogP contribution is -2.44. The van der Waals surface area contributed by atoms with Crippen molar-refractivity contribution in [2.75, 3.05) is 55.3 Å². The Morgan fingerprint density at radius 2 is 1.79 bits per heavy atom. The lowest BCUT2D eigenvalue weighted by molar-refractivity contribution is 0.0488. The van der Waals surface area contributed by atoms with Crippen molar-refractivity contribution in [2.24, 2.45) is 5.92 Å². The number of piperazine rings is 1. The average molecular weight is 523 g/mol. The molecule has 4 N–H and O–H groups in total. The molecule has 1 amide bonds. The summed E-state index contributed by atoms with van der Waals surface area (Å²) in [6.45, 7) is 10.6. The highest BCUT2D eigenvalue weighted by molar-refractivity contribution is 5.84. The van der Waals surface area contributed by atoms with Gasteiger partial charge in [0.05, 0.1) is 5.56 Å². The van der Waals surface area contributed by atoms with Crippen LogP contribution in [0.5, 0.6) is 0 Å². The summed E-state index contributed by atoms with van der Waals surface area (Å²) in [4.78, 5) is 25.9. The molecule has 1 aliphatic carbocycles. The Bertz CT molecular complexity index is 1070. The van der Waals surface area contributed by atoms with Crippen LogP contribution in [-0.2, 0) is 4.74 Å². The molecule has 0 bridgehead atoms. The predicted octanol–water partition coefficient (Wildman–Crippen LogP) is 4.47. The number of carbonyl (C=O) groups is 1. The third-order valence-corrected chi connectivity index (χ3v) is 7.09. The van der Waals surface area contributed by atoms with Crippen LogP contribution in [-0.4, -0.2) is 78.6 Å². The minimum absolute atomic E-state index is 0.149. The monoisotopic (exact) mass is 522 g/mol. The van der Waals surface area contributed by atoms with Crippen LogP contribution in [0.4, 0.5) is 27.9 Å². The van der Waals surface area contributed by atoms with Gasteiger partial charge in [0.2, 0.25) is 5.95 Å². The summed E-state index contributed by atoms with van der Waals surface area (Å²) in [6.07, 6.45) is 6.45. The third kappa shape index (κ3) is 8.05. The Hall–Kier alpha value is -3.40. The quantitative estimate of drug-likeness (QED) is 0.375. The number of alkyl carbamates (subject to hydrolysis) is 1. The number of hydrogen-bond acceptors (Lipinski definition) is 9. The van der Waals surface area contributed by atoms with Crippen LogP contribution in [0, 0.1) is 11.3 Å². The highest BCUT2D eigenvalue weighted by atomic mass is 16.6. The first kappa shape index (κ1) is 27.6. The molecule has 2 aromatic rings. The summed E-state index contributed by atoms with van der Waals surface area (Å²) in [5, 5.41) is 17.5. The molecule has 1 aromatic carbocycles. The van der Waals surface area contributed by atoms with Crippen molar-refractivity contribution in [3.05, 3.63) is 36.0 Å². The summed E-state index contributed by atoms with van der Waals surface area (Å²) in [5.74, 6) is 1.62. The van der Waals surface area contributed by atoms with Gasteiger partial charge in [-0.25, -0.2) is 9.78 Å². The molecule has 2 heterocycles. The van der Waals surface area contributed by atoms with Gasteiger partial charge in [0.1, 0.15) is 11.4 Å². The first-order valence-corrected chi connectivity index (χ1v) is 13.6. The molecule has 10 heteroatoms. The van der Waals surface area contributed by atoms with E-state index in [0.717, 1.165) is 64.1 Å². The Morgan fingerprint density at radius 3 is 2.42 bits per heavy atom. The number of rotatable bonds is 8. The van der Waals surface area contributed by atoms with Crippen LogP contribution < -0.4 is 20.9 Å². The van der Waals surface area contributed by atoms with Crippen LogP contribution in [0.25, 0.3) is 0 Å². The lowest BCUT2D eigenvalue weighted by Gasteiger charge is -2.34. The fourth-order valence-electron chi connectivity index (χ4n) is 4.87. The van der Waals surface area contributed by atoms with E-state index in [9.17, 15) is 4.79 Å². The number of nitrogens with one attached hydrogen (secondary N) is 4. The summed E-state index contributed by atoms with van der Waals surface area (Å²) in [7, 11) is 2.16. The summed E-state index contributed by atoms with van der Waals surface area (Å²) < 4.78 is 5.38. The van der Waals surface area contributed by atoms with Crippen LogP contribution in [0.1, 0.15) is 52.0 Å². The number of aromatic nitrogens is 2. The zero-order valence-electron chi connectivity index (χ0n) is 23.1. The van der Waals surface area contributed by atoms with Crippen LogP contribution >= 0.6 is 0 Å². The van der Waals surface area contributed by atoms with E-state index in [0.29, 0.717) is 23.2 Å². The normalized spacial score (nSPS) is 20.5. The molecule has 2 aliphatic rings. The number of likely N-dealkylation sites (N-methyl/N-ethyl adjacent to an activating group) is 1. The number of hydrogen-bond donors (Lipinski definition) is 4. The van der Waals surface area contributed by atoms with Crippen molar-refractivity contribution < 1.29 is 9.53 Å². The van der Waals surface area contributed by atoms with E-state index >= 15 is 0 Å². The van der Waals surface area contributed by atoms with Gasteiger partial charge in [-0.1, -0.05) is 0 Å². The van der Waals surface area contributed by atoms with Crippen molar-refractivity contribution in [1.82, 2.24) is 20.2 Å².